The Balaban J connectivity index is 2.57. The van der Waals surface area contributed by atoms with Crippen molar-refractivity contribution in [2.45, 2.75) is 57.8 Å². The number of aromatic hydroxyl groups is 2. The third-order valence-electron chi connectivity index (χ3n) is 3.53. The van der Waals surface area contributed by atoms with Gasteiger partial charge in [0.1, 0.15) is 11.5 Å². The number of phenols is 2. The summed E-state index contributed by atoms with van der Waals surface area (Å²) in [6.45, 7) is 2.16. The molecule has 4 nitrogen and oxygen atoms in total. The van der Waals surface area contributed by atoms with E-state index in [9.17, 15) is 20.1 Å². The molecule has 0 heterocycles. The average Bonchev–Trinajstić information content (AvgIpc) is 2.41. The van der Waals surface area contributed by atoms with Gasteiger partial charge in [-0.3, -0.25) is 4.79 Å². The van der Waals surface area contributed by atoms with Crippen molar-refractivity contribution in [2.75, 3.05) is 0 Å². The summed E-state index contributed by atoms with van der Waals surface area (Å²) >= 11 is 0. The van der Waals surface area contributed by atoms with Crippen LogP contribution >= 0.6 is 0 Å². The molecular formula is C16H24O4. The van der Waals surface area contributed by atoms with Crippen LogP contribution in [0.3, 0.4) is 0 Å². The van der Waals surface area contributed by atoms with E-state index in [2.05, 4.69) is 6.92 Å². The summed E-state index contributed by atoms with van der Waals surface area (Å²) in [5.41, 5.74) is 0.297. The Bertz CT molecular complexity index is 428. The fraction of sp³-hybridized carbons (Fsp3) is 0.562. The van der Waals surface area contributed by atoms with Gasteiger partial charge < -0.3 is 15.3 Å². The third kappa shape index (κ3) is 5.11. The Morgan fingerprint density at radius 3 is 2.40 bits per heavy atom. The first-order valence-electron chi connectivity index (χ1n) is 7.31. The molecule has 4 heteroatoms. The molecule has 1 aromatic carbocycles. The first kappa shape index (κ1) is 16.3. The van der Waals surface area contributed by atoms with Gasteiger partial charge in [-0.2, -0.15) is 0 Å². The molecule has 0 spiro atoms. The molecule has 1 aromatic rings. The van der Waals surface area contributed by atoms with Gasteiger partial charge in [-0.05, 0) is 24.6 Å². The van der Waals surface area contributed by atoms with Gasteiger partial charge in [0, 0.05) is 5.56 Å². The summed E-state index contributed by atoms with van der Waals surface area (Å²) in [5.74, 6) is -1.80. The molecule has 0 saturated carbocycles. The lowest BCUT2D eigenvalue weighted by atomic mass is 9.92. The van der Waals surface area contributed by atoms with E-state index in [1.165, 1.54) is 37.5 Å². The summed E-state index contributed by atoms with van der Waals surface area (Å²) < 4.78 is 0. The van der Waals surface area contributed by atoms with Gasteiger partial charge in [0.05, 0.1) is 5.92 Å². The SMILES string of the molecule is CCCCCCCCC(C(=O)O)c1cc(O)ccc1O. The van der Waals surface area contributed by atoms with E-state index < -0.39 is 11.9 Å². The summed E-state index contributed by atoms with van der Waals surface area (Å²) in [6.07, 6.45) is 7.01. The Labute approximate surface area is 120 Å². The van der Waals surface area contributed by atoms with Crippen molar-refractivity contribution in [3.05, 3.63) is 23.8 Å². The number of benzene rings is 1. The molecule has 1 unspecified atom stereocenters. The zero-order valence-electron chi connectivity index (χ0n) is 12.0. The maximum Gasteiger partial charge on any atom is 0.311 e. The molecule has 0 aliphatic heterocycles. The van der Waals surface area contributed by atoms with Crippen LogP contribution in [0.2, 0.25) is 0 Å². The Hall–Kier alpha value is -1.71. The maximum atomic E-state index is 11.3. The fourth-order valence-electron chi connectivity index (χ4n) is 2.36. The Morgan fingerprint density at radius 2 is 1.75 bits per heavy atom. The molecule has 1 atom stereocenters. The van der Waals surface area contributed by atoms with E-state index in [0.717, 1.165) is 19.3 Å². The molecule has 0 aliphatic rings. The van der Waals surface area contributed by atoms with Gasteiger partial charge in [-0.1, -0.05) is 45.4 Å². The summed E-state index contributed by atoms with van der Waals surface area (Å²) in [4.78, 5) is 11.3. The van der Waals surface area contributed by atoms with Crippen molar-refractivity contribution in [3.63, 3.8) is 0 Å². The third-order valence-corrected chi connectivity index (χ3v) is 3.53. The van der Waals surface area contributed by atoms with E-state index in [4.69, 9.17) is 0 Å². The van der Waals surface area contributed by atoms with E-state index in [1.54, 1.807) is 0 Å². The van der Waals surface area contributed by atoms with Gasteiger partial charge in [0.25, 0.3) is 0 Å². The minimum absolute atomic E-state index is 0.0213. The molecule has 20 heavy (non-hydrogen) atoms. The van der Waals surface area contributed by atoms with Crippen molar-refractivity contribution in [2.24, 2.45) is 0 Å². The highest BCUT2D eigenvalue weighted by Gasteiger charge is 2.22. The quantitative estimate of drug-likeness (QED) is 0.471. The predicted octanol–water partition coefficient (Wildman–Crippen LogP) is 4.02. The fourth-order valence-corrected chi connectivity index (χ4v) is 2.36. The maximum absolute atomic E-state index is 11.3. The highest BCUT2D eigenvalue weighted by Crippen LogP contribution is 2.32. The lowest BCUT2D eigenvalue weighted by Crippen LogP contribution is -2.11. The molecule has 112 valence electrons. The highest BCUT2D eigenvalue weighted by molar-refractivity contribution is 5.77. The zero-order chi connectivity index (χ0) is 15.0. The molecule has 0 saturated heterocycles. The Kier molecular flexibility index (Phi) is 6.91. The van der Waals surface area contributed by atoms with Crippen molar-refractivity contribution >= 4 is 5.97 Å². The lowest BCUT2D eigenvalue weighted by Gasteiger charge is -2.14. The number of carboxylic acids is 1. The van der Waals surface area contributed by atoms with Crippen LogP contribution in [0.15, 0.2) is 18.2 Å². The first-order valence-corrected chi connectivity index (χ1v) is 7.31. The number of unbranched alkanes of at least 4 members (excludes halogenated alkanes) is 5. The first-order chi connectivity index (χ1) is 9.56. The van der Waals surface area contributed by atoms with Crippen LogP contribution in [-0.2, 0) is 4.79 Å². The highest BCUT2D eigenvalue weighted by atomic mass is 16.4. The van der Waals surface area contributed by atoms with Gasteiger partial charge in [0.15, 0.2) is 0 Å². The molecule has 0 aliphatic carbocycles. The Morgan fingerprint density at radius 1 is 1.10 bits per heavy atom. The molecule has 0 amide bonds. The van der Waals surface area contributed by atoms with E-state index in [0.29, 0.717) is 12.0 Å². The second-order valence-corrected chi connectivity index (χ2v) is 5.19. The number of aliphatic carboxylic acids is 1. The van der Waals surface area contributed by atoms with E-state index >= 15 is 0 Å². The molecule has 0 aromatic heterocycles. The molecule has 0 radical (unpaired) electrons. The van der Waals surface area contributed by atoms with Crippen LogP contribution in [0.1, 0.15) is 63.4 Å². The van der Waals surface area contributed by atoms with E-state index in [1.807, 2.05) is 0 Å². The van der Waals surface area contributed by atoms with Crippen molar-refractivity contribution in [3.8, 4) is 11.5 Å². The summed E-state index contributed by atoms with van der Waals surface area (Å²) in [7, 11) is 0. The second-order valence-electron chi connectivity index (χ2n) is 5.19. The van der Waals surface area contributed by atoms with Crippen LogP contribution in [0.25, 0.3) is 0 Å². The van der Waals surface area contributed by atoms with Crippen molar-refractivity contribution in [1.82, 2.24) is 0 Å². The normalized spacial score (nSPS) is 12.2. The monoisotopic (exact) mass is 280 g/mol. The number of hydrogen-bond donors (Lipinski definition) is 3. The van der Waals surface area contributed by atoms with Crippen molar-refractivity contribution in [1.29, 1.82) is 0 Å². The number of carboxylic acid groups (broad SMARTS) is 1. The van der Waals surface area contributed by atoms with E-state index in [-0.39, 0.29) is 11.5 Å². The minimum atomic E-state index is -0.959. The van der Waals surface area contributed by atoms with Crippen LogP contribution < -0.4 is 0 Å². The lowest BCUT2D eigenvalue weighted by molar-refractivity contribution is -0.139. The molecule has 0 bridgehead atoms. The van der Waals surface area contributed by atoms with Crippen LogP contribution in [0.5, 0.6) is 11.5 Å². The second kappa shape index (κ2) is 8.46. The van der Waals surface area contributed by atoms with Gasteiger partial charge >= 0.3 is 5.97 Å². The average molecular weight is 280 g/mol. The largest absolute Gasteiger partial charge is 0.508 e. The van der Waals surface area contributed by atoms with Gasteiger partial charge in [-0.15, -0.1) is 0 Å². The van der Waals surface area contributed by atoms with Crippen LogP contribution in [0, 0.1) is 0 Å². The molecular weight excluding hydrogens is 256 g/mol. The summed E-state index contributed by atoms with van der Waals surface area (Å²) in [6, 6.07) is 4.02. The number of rotatable bonds is 9. The minimum Gasteiger partial charge on any atom is -0.508 e. The number of hydrogen-bond acceptors (Lipinski definition) is 3. The van der Waals surface area contributed by atoms with Gasteiger partial charge in [-0.25, -0.2) is 0 Å². The molecule has 3 N–H and O–H groups in total. The zero-order valence-corrected chi connectivity index (χ0v) is 12.0. The summed E-state index contributed by atoms with van der Waals surface area (Å²) in [5, 5.41) is 28.5. The smallest absolute Gasteiger partial charge is 0.311 e. The van der Waals surface area contributed by atoms with Crippen LogP contribution in [-0.4, -0.2) is 21.3 Å². The van der Waals surface area contributed by atoms with Crippen molar-refractivity contribution < 1.29 is 20.1 Å². The standard InChI is InChI=1S/C16H24O4/c1-2-3-4-5-6-7-8-13(16(19)20)14-11-12(17)9-10-15(14)18/h9-11,13,17-18H,2-8H2,1H3,(H,19,20). The number of phenolic OH excluding ortho intramolecular Hbond substituents is 2. The van der Waals surface area contributed by atoms with Crippen LogP contribution in [0.4, 0.5) is 0 Å². The number of carbonyl (C=O) groups is 1. The molecule has 1 rings (SSSR count). The predicted molar refractivity (Wildman–Crippen MR) is 78.1 cm³/mol. The topological polar surface area (TPSA) is 77.8 Å². The van der Waals surface area contributed by atoms with Gasteiger partial charge in [0.2, 0.25) is 0 Å². The molecule has 0 fully saturated rings.